The molecule has 36 heavy (non-hydrogen) atoms. The summed E-state index contributed by atoms with van der Waals surface area (Å²) in [5, 5.41) is 20.4. The maximum Gasteiger partial charge on any atom is 0.169 e. The molecular formula is C31H41NO4. The third-order valence-electron chi connectivity index (χ3n) is 10.8. The third-order valence-corrected chi connectivity index (χ3v) is 10.8. The number of Topliss-reactive ketones (excluding diaryl/α,β-unsaturated/α-hetero) is 1. The van der Waals surface area contributed by atoms with Crippen molar-refractivity contribution in [2.24, 2.45) is 28.6 Å². The van der Waals surface area contributed by atoms with Crippen LogP contribution in [0.3, 0.4) is 0 Å². The highest BCUT2D eigenvalue weighted by Crippen LogP contribution is 2.68. The molecule has 0 radical (unpaired) electrons. The minimum absolute atomic E-state index is 0.0708. The lowest BCUT2D eigenvalue weighted by molar-refractivity contribution is -0.232. The molecule has 1 aromatic carbocycles. The van der Waals surface area contributed by atoms with Crippen molar-refractivity contribution in [3.05, 3.63) is 47.0 Å². The summed E-state index contributed by atoms with van der Waals surface area (Å²) in [7, 11) is 0. The zero-order valence-electron chi connectivity index (χ0n) is 22.3. The highest BCUT2D eigenvalue weighted by atomic mass is 16.6. The molecule has 5 nitrogen and oxygen atoms in total. The highest BCUT2D eigenvalue weighted by Gasteiger charge is 2.66. The molecule has 1 N–H and O–H groups in total. The molecule has 7 atom stereocenters. The van der Waals surface area contributed by atoms with Gasteiger partial charge in [-0.1, -0.05) is 37.6 Å². The highest BCUT2D eigenvalue weighted by molar-refractivity contribution is 5.86. The van der Waals surface area contributed by atoms with E-state index in [9.17, 15) is 9.90 Å². The number of ether oxygens (including phenoxy) is 2. The second-order valence-corrected chi connectivity index (χ2v) is 12.3. The molecule has 0 aliphatic heterocycles. The number of nitrogens with zero attached hydrogens (tertiary/aromatic N) is 1. The van der Waals surface area contributed by atoms with Crippen LogP contribution in [0, 0.1) is 39.9 Å². The Morgan fingerprint density at radius 1 is 1.08 bits per heavy atom. The van der Waals surface area contributed by atoms with E-state index in [0.29, 0.717) is 49.4 Å². The lowest BCUT2D eigenvalue weighted by Crippen LogP contribution is -2.58. The topological polar surface area (TPSA) is 79.6 Å². The van der Waals surface area contributed by atoms with Crippen molar-refractivity contribution in [1.29, 1.82) is 5.26 Å². The molecule has 3 fully saturated rings. The van der Waals surface area contributed by atoms with Crippen LogP contribution in [0.2, 0.25) is 0 Å². The normalized spacial score (nSPS) is 41.4. The first-order valence-electron chi connectivity index (χ1n) is 13.8. The maximum absolute atomic E-state index is 12.9. The average molecular weight is 492 g/mol. The zero-order chi connectivity index (χ0) is 25.8. The van der Waals surface area contributed by atoms with Gasteiger partial charge in [0.25, 0.3) is 0 Å². The first-order valence-corrected chi connectivity index (χ1v) is 13.8. The van der Waals surface area contributed by atoms with Crippen molar-refractivity contribution in [3.8, 4) is 6.07 Å². The Kier molecular flexibility index (Phi) is 6.47. The second-order valence-electron chi connectivity index (χ2n) is 12.3. The second kappa shape index (κ2) is 9.08. The van der Waals surface area contributed by atoms with Crippen LogP contribution in [-0.2, 0) is 20.9 Å². The van der Waals surface area contributed by atoms with Gasteiger partial charge in [-0.25, -0.2) is 0 Å². The Morgan fingerprint density at radius 2 is 1.81 bits per heavy atom. The molecule has 1 aromatic rings. The summed E-state index contributed by atoms with van der Waals surface area (Å²) in [6, 6.07) is 9.50. The van der Waals surface area contributed by atoms with Crippen molar-refractivity contribution in [2.45, 2.75) is 97.1 Å². The van der Waals surface area contributed by atoms with E-state index >= 15 is 0 Å². The van der Waals surface area contributed by atoms with E-state index in [4.69, 9.17) is 14.7 Å². The molecule has 7 unspecified atom stereocenters. The van der Waals surface area contributed by atoms with Crippen LogP contribution in [0.1, 0.15) is 90.2 Å². The molecule has 0 spiro atoms. The van der Waals surface area contributed by atoms with Crippen LogP contribution >= 0.6 is 0 Å². The standard InChI is InChI=1S/C31H41NO4/c1-5-35-31(21(2)33)15-13-27-25-11-10-24-18-30(34,36-20-23-8-6-22(19-32)7-9-23)17-16-28(24,3)26(25)12-14-29(27,31)4/h6-10,25-27,34H,5,11-18,20H2,1-4H3. The van der Waals surface area contributed by atoms with E-state index in [-0.39, 0.29) is 16.6 Å². The molecule has 3 saturated carbocycles. The molecule has 4 aliphatic rings. The minimum atomic E-state index is -1.15. The number of nitriles is 1. The fourth-order valence-corrected chi connectivity index (χ4v) is 8.80. The quantitative estimate of drug-likeness (QED) is 0.385. The molecule has 0 heterocycles. The molecule has 5 heteroatoms. The van der Waals surface area contributed by atoms with Gasteiger partial charge in [-0.05, 0) is 93.2 Å². The largest absolute Gasteiger partial charge is 0.367 e. The SMILES string of the molecule is CCOC1(C(C)=O)CCC2C3CC=C4CC(O)(OCc5ccc(C#N)cc5)CCC4(C)C3CCC21C. The van der Waals surface area contributed by atoms with Crippen LogP contribution < -0.4 is 0 Å². The number of hydrogen-bond acceptors (Lipinski definition) is 5. The van der Waals surface area contributed by atoms with E-state index < -0.39 is 11.4 Å². The summed E-state index contributed by atoms with van der Waals surface area (Å²) < 4.78 is 12.4. The van der Waals surface area contributed by atoms with E-state index in [2.05, 4.69) is 26.0 Å². The van der Waals surface area contributed by atoms with Gasteiger partial charge in [-0.2, -0.15) is 5.26 Å². The van der Waals surface area contributed by atoms with Gasteiger partial charge in [0.2, 0.25) is 0 Å². The molecule has 194 valence electrons. The number of allylic oxidation sites excluding steroid dienone is 1. The fraction of sp³-hybridized carbons (Fsp3) is 0.677. The van der Waals surface area contributed by atoms with Crippen molar-refractivity contribution in [3.63, 3.8) is 0 Å². The van der Waals surface area contributed by atoms with Crippen LogP contribution in [-0.4, -0.2) is 28.9 Å². The van der Waals surface area contributed by atoms with Gasteiger partial charge in [0, 0.05) is 24.9 Å². The Balaban J connectivity index is 1.33. The van der Waals surface area contributed by atoms with Gasteiger partial charge in [0.1, 0.15) is 5.60 Å². The summed E-state index contributed by atoms with van der Waals surface area (Å²) >= 11 is 0. The number of carbonyl (C=O) groups excluding carboxylic acids is 1. The number of rotatable bonds is 6. The summed E-state index contributed by atoms with van der Waals surface area (Å²) in [5.74, 6) is 0.678. The average Bonchev–Trinajstić information content (AvgIpc) is 3.17. The predicted molar refractivity (Wildman–Crippen MR) is 138 cm³/mol. The lowest BCUT2D eigenvalue weighted by Gasteiger charge is -2.60. The monoisotopic (exact) mass is 491 g/mol. The van der Waals surface area contributed by atoms with Crippen molar-refractivity contribution in [2.75, 3.05) is 6.61 Å². The Morgan fingerprint density at radius 3 is 2.47 bits per heavy atom. The van der Waals surface area contributed by atoms with Crippen LogP contribution in [0.4, 0.5) is 0 Å². The molecule has 4 aliphatic carbocycles. The summed E-state index contributed by atoms with van der Waals surface area (Å²) in [4.78, 5) is 12.9. The number of fused-ring (bicyclic) bond motifs is 5. The van der Waals surface area contributed by atoms with E-state index in [0.717, 1.165) is 44.1 Å². The van der Waals surface area contributed by atoms with Crippen molar-refractivity contribution in [1.82, 2.24) is 0 Å². The maximum atomic E-state index is 12.9. The van der Waals surface area contributed by atoms with Crippen LogP contribution in [0.25, 0.3) is 0 Å². The van der Waals surface area contributed by atoms with Gasteiger partial charge >= 0.3 is 0 Å². The van der Waals surface area contributed by atoms with Gasteiger partial charge in [-0.3, -0.25) is 4.79 Å². The number of hydrogen-bond donors (Lipinski definition) is 1. The van der Waals surface area contributed by atoms with E-state index in [1.165, 1.54) is 5.57 Å². The van der Waals surface area contributed by atoms with Crippen LogP contribution in [0.15, 0.2) is 35.9 Å². The zero-order valence-corrected chi connectivity index (χ0v) is 22.3. The minimum Gasteiger partial charge on any atom is -0.367 e. The summed E-state index contributed by atoms with van der Waals surface area (Å²) in [5.41, 5.74) is 2.28. The third kappa shape index (κ3) is 3.80. The van der Waals surface area contributed by atoms with Gasteiger partial charge < -0.3 is 14.6 Å². The predicted octanol–water partition coefficient (Wildman–Crippen LogP) is 6.09. The number of aliphatic hydroxyl groups is 1. The molecule has 0 saturated heterocycles. The first kappa shape index (κ1) is 25.6. The van der Waals surface area contributed by atoms with Crippen LogP contribution in [0.5, 0.6) is 0 Å². The Hall–Kier alpha value is -2.00. The number of benzene rings is 1. The number of ketones is 1. The summed E-state index contributed by atoms with van der Waals surface area (Å²) in [6.07, 6.45) is 9.55. The molecule has 0 bridgehead atoms. The Bertz CT molecular complexity index is 1090. The van der Waals surface area contributed by atoms with Gasteiger partial charge in [0.05, 0.1) is 18.2 Å². The van der Waals surface area contributed by atoms with Crippen molar-refractivity contribution >= 4 is 5.78 Å². The first-order chi connectivity index (χ1) is 17.1. The lowest BCUT2D eigenvalue weighted by atomic mass is 9.46. The molecule has 0 amide bonds. The molecular weight excluding hydrogens is 450 g/mol. The number of carbonyl (C=O) groups is 1. The fourth-order valence-electron chi connectivity index (χ4n) is 8.80. The Labute approximate surface area is 215 Å². The van der Waals surface area contributed by atoms with E-state index in [1.807, 2.05) is 19.1 Å². The molecule has 5 rings (SSSR count). The van der Waals surface area contributed by atoms with Crippen molar-refractivity contribution < 1.29 is 19.4 Å². The smallest absolute Gasteiger partial charge is 0.169 e. The molecule has 0 aromatic heterocycles. The van der Waals surface area contributed by atoms with Gasteiger partial charge in [0.15, 0.2) is 11.6 Å². The van der Waals surface area contributed by atoms with E-state index in [1.54, 1.807) is 19.1 Å². The summed E-state index contributed by atoms with van der Waals surface area (Å²) in [6.45, 7) is 9.40. The van der Waals surface area contributed by atoms with Gasteiger partial charge in [-0.15, -0.1) is 0 Å².